The van der Waals surface area contributed by atoms with Gasteiger partial charge in [0.2, 0.25) is 11.8 Å². The predicted octanol–water partition coefficient (Wildman–Crippen LogP) is 0.501. The van der Waals surface area contributed by atoms with Gasteiger partial charge in [-0.05, 0) is 36.6 Å². The molecule has 2 aliphatic rings. The van der Waals surface area contributed by atoms with Gasteiger partial charge < -0.3 is 30.0 Å². The number of hydrogen-bond donors (Lipinski definition) is 3. The lowest BCUT2D eigenvalue weighted by Crippen LogP contribution is -2.57. The summed E-state index contributed by atoms with van der Waals surface area (Å²) in [6.07, 6.45) is 0.521. The fraction of sp³-hybridized carbons (Fsp3) is 0.483. The fourth-order valence-electron chi connectivity index (χ4n) is 4.65. The lowest BCUT2D eigenvalue weighted by Gasteiger charge is -2.34. The van der Waals surface area contributed by atoms with Crippen LogP contribution in [0.1, 0.15) is 18.1 Å². The van der Waals surface area contributed by atoms with Gasteiger partial charge in [-0.2, -0.15) is 0 Å². The van der Waals surface area contributed by atoms with E-state index in [1.807, 2.05) is 47.4 Å². The zero-order valence-electron chi connectivity index (χ0n) is 22.4. The molecule has 10 nitrogen and oxygen atoms in total. The van der Waals surface area contributed by atoms with E-state index in [1.165, 1.54) is 0 Å². The van der Waals surface area contributed by atoms with Crippen molar-refractivity contribution in [1.82, 2.24) is 15.5 Å². The molecule has 0 spiro atoms. The number of methoxy groups -OCH3 is 1. The van der Waals surface area contributed by atoms with E-state index in [0.717, 1.165) is 11.1 Å². The second-order valence-electron chi connectivity index (χ2n) is 10.2. The molecule has 0 radical (unpaired) electrons. The second-order valence-corrected chi connectivity index (χ2v) is 10.2. The molecule has 2 heterocycles. The van der Waals surface area contributed by atoms with Crippen LogP contribution < -0.4 is 15.4 Å². The number of Topliss-reactive ketones (excluding diaryl/α,β-unsaturated/α-hetero) is 1. The number of carbonyl (C=O) groups excluding carboxylic acids is 3. The summed E-state index contributed by atoms with van der Waals surface area (Å²) in [5, 5.41) is 15.4. The van der Waals surface area contributed by atoms with E-state index in [-0.39, 0.29) is 37.3 Å². The minimum absolute atomic E-state index is 0.0132. The van der Waals surface area contributed by atoms with Crippen LogP contribution >= 0.6 is 0 Å². The van der Waals surface area contributed by atoms with Gasteiger partial charge in [-0.25, -0.2) is 0 Å². The summed E-state index contributed by atoms with van der Waals surface area (Å²) in [4.78, 5) is 41.9. The first kappa shape index (κ1) is 28.7. The van der Waals surface area contributed by atoms with Gasteiger partial charge in [0.15, 0.2) is 5.78 Å². The average molecular weight is 540 g/mol. The van der Waals surface area contributed by atoms with E-state index in [0.29, 0.717) is 38.5 Å². The summed E-state index contributed by atoms with van der Waals surface area (Å²) >= 11 is 0. The number of morpholine rings is 1. The van der Waals surface area contributed by atoms with Crippen LogP contribution in [0.5, 0.6) is 5.75 Å². The predicted molar refractivity (Wildman–Crippen MR) is 143 cm³/mol. The molecule has 0 bridgehead atoms. The first-order valence-electron chi connectivity index (χ1n) is 13.2. The summed E-state index contributed by atoms with van der Waals surface area (Å²) < 4.78 is 16.0. The maximum absolute atomic E-state index is 13.7. The van der Waals surface area contributed by atoms with Crippen molar-refractivity contribution < 1.29 is 33.7 Å². The molecule has 0 saturated carbocycles. The highest BCUT2D eigenvalue weighted by molar-refractivity contribution is 5.98. The number of rotatable bonds is 13. The van der Waals surface area contributed by atoms with Crippen molar-refractivity contribution in [2.24, 2.45) is 0 Å². The largest absolute Gasteiger partial charge is 0.497 e. The Hall–Kier alpha value is -3.31. The van der Waals surface area contributed by atoms with Crippen molar-refractivity contribution in [3.8, 4) is 5.75 Å². The molecular formula is C29H37N3O7. The maximum Gasteiger partial charge on any atom is 0.243 e. The van der Waals surface area contributed by atoms with Crippen LogP contribution in [0, 0.1) is 0 Å². The molecule has 0 aromatic heterocycles. The average Bonchev–Trinajstić information content (AvgIpc) is 3.71. The second kappa shape index (κ2) is 13.2. The van der Waals surface area contributed by atoms with Crippen molar-refractivity contribution in [3.63, 3.8) is 0 Å². The molecule has 4 atom stereocenters. The Balaban J connectivity index is 1.50. The number of hydrogen-bond acceptors (Lipinski definition) is 8. The third-order valence-corrected chi connectivity index (χ3v) is 7.17. The normalized spacial score (nSPS) is 22.4. The molecule has 3 N–H and O–H groups in total. The summed E-state index contributed by atoms with van der Waals surface area (Å²) in [6.45, 7) is 3.21. The van der Waals surface area contributed by atoms with Crippen molar-refractivity contribution in [2.75, 3.05) is 46.6 Å². The molecule has 210 valence electrons. The van der Waals surface area contributed by atoms with Gasteiger partial charge in [0.05, 0.1) is 52.2 Å². The Labute approximate surface area is 228 Å². The molecule has 39 heavy (non-hydrogen) atoms. The SMILES string of the molecule is COc1ccc(CC(NC(=O)CN2CCOCC2CO)C(=O)NC(Cc2ccccc2)C(=O)C2(C)CO2)cc1. The third-order valence-electron chi connectivity index (χ3n) is 7.17. The van der Waals surface area contributed by atoms with Gasteiger partial charge in [-0.15, -0.1) is 0 Å². The molecule has 4 rings (SSSR count). The monoisotopic (exact) mass is 539 g/mol. The van der Waals surface area contributed by atoms with Gasteiger partial charge >= 0.3 is 0 Å². The molecule has 4 unspecified atom stereocenters. The number of amides is 2. The Morgan fingerprint density at radius 1 is 1.05 bits per heavy atom. The number of ketones is 1. The Morgan fingerprint density at radius 3 is 2.36 bits per heavy atom. The first-order chi connectivity index (χ1) is 18.8. The molecular weight excluding hydrogens is 502 g/mol. The molecule has 2 aromatic rings. The van der Waals surface area contributed by atoms with Crippen molar-refractivity contribution in [2.45, 2.75) is 43.5 Å². The first-order valence-corrected chi connectivity index (χ1v) is 13.2. The molecule has 2 amide bonds. The summed E-state index contributed by atoms with van der Waals surface area (Å²) in [5.74, 6) is -0.337. The van der Waals surface area contributed by atoms with Gasteiger partial charge in [0.25, 0.3) is 0 Å². The zero-order valence-corrected chi connectivity index (χ0v) is 22.4. The maximum atomic E-state index is 13.7. The Bertz CT molecular complexity index is 1120. The third kappa shape index (κ3) is 7.86. The van der Waals surface area contributed by atoms with Crippen molar-refractivity contribution >= 4 is 17.6 Å². The zero-order chi connectivity index (χ0) is 27.8. The number of nitrogens with zero attached hydrogens (tertiary/aromatic N) is 1. The molecule has 0 aliphatic carbocycles. The number of carbonyl (C=O) groups is 3. The lowest BCUT2D eigenvalue weighted by atomic mass is 9.94. The number of epoxide rings is 1. The van der Waals surface area contributed by atoms with Crippen LogP contribution in [0.4, 0.5) is 0 Å². The van der Waals surface area contributed by atoms with Gasteiger partial charge in [-0.1, -0.05) is 42.5 Å². The molecule has 2 aromatic carbocycles. The number of benzene rings is 2. The minimum Gasteiger partial charge on any atom is -0.497 e. The Kier molecular flexibility index (Phi) is 9.68. The molecule has 2 aliphatic heterocycles. The van der Waals surface area contributed by atoms with Crippen LogP contribution in [0.3, 0.4) is 0 Å². The summed E-state index contributed by atoms with van der Waals surface area (Å²) in [5.41, 5.74) is 0.801. The fourth-order valence-corrected chi connectivity index (χ4v) is 4.65. The minimum atomic E-state index is -0.932. The molecule has 2 saturated heterocycles. The number of nitrogens with one attached hydrogen (secondary N) is 2. The van der Waals surface area contributed by atoms with E-state index in [1.54, 1.807) is 26.2 Å². The number of aliphatic hydroxyl groups excluding tert-OH is 1. The summed E-state index contributed by atoms with van der Waals surface area (Å²) in [7, 11) is 1.57. The highest BCUT2D eigenvalue weighted by Gasteiger charge is 2.50. The molecule has 10 heteroatoms. The Morgan fingerprint density at radius 2 is 1.72 bits per heavy atom. The van der Waals surface area contributed by atoms with Crippen LogP contribution in [-0.4, -0.2) is 98.0 Å². The highest BCUT2D eigenvalue weighted by atomic mass is 16.6. The lowest BCUT2D eigenvalue weighted by molar-refractivity contribution is -0.133. The summed E-state index contributed by atoms with van der Waals surface area (Å²) in [6, 6.07) is 14.7. The van der Waals surface area contributed by atoms with Crippen LogP contribution in [0.2, 0.25) is 0 Å². The quantitative estimate of drug-likeness (QED) is 0.314. The molecule has 2 fully saturated rings. The number of aliphatic hydroxyl groups is 1. The number of ether oxygens (including phenoxy) is 3. The van der Waals surface area contributed by atoms with E-state index in [2.05, 4.69) is 10.6 Å². The van der Waals surface area contributed by atoms with Gasteiger partial charge in [0.1, 0.15) is 17.4 Å². The van der Waals surface area contributed by atoms with E-state index < -0.39 is 23.6 Å². The van der Waals surface area contributed by atoms with Crippen LogP contribution in [0.25, 0.3) is 0 Å². The van der Waals surface area contributed by atoms with Crippen LogP contribution in [-0.2, 0) is 36.7 Å². The van der Waals surface area contributed by atoms with Crippen molar-refractivity contribution in [3.05, 3.63) is 65.7 Å². The van der Waals surface area contributed by atoms with E-state index >= 15 is 0 Å². The van der Waals surface area contributed by atoms with E-state index in [4.69, 9.17) is 14.2 Å². The van der Waals surface area contributed by atoms with Gasteiger partial charge in [-0.3, -0.25) is 19.3 Å². The van der Waals surface area contributed by atoms with E-state index in [9.17, 15) is 19.5 Å². The highest BCUT2D eigenvalue weighted by Crippen LogP contribution is 2.29. The van der Waals surface area contributed by atoms with Crippen LogP contribution in [0.15, 0.2) is 54.6 Å². The van der Waals surface area contributed by atoms with Crippen molar-refractivity contribution in [1.29, 1.82) is 0 Å². The van der Waals surface area contributed by atoms with Gasteiger partial charge in [0, 0.05) is 13.0 Å². The topological polar surface area (TPSA) is 130 Å². The smallest absolute Gasteiger partial charge is 0.243 e. The standard InChI is InChI=1S/C29H37N3O7/c1-29(19-39-29)27(35)24(14-20-6-4-3-5-7-20)31-28(36)25(15-21-8-10-23(37-2)11-9-21)30-26(34)16-32-12-13-38-18-22(32)17-33/h3-11,22,24-25,33H,12-19H2,1-2H3,(H,30,34)(H,31,36).